The highest BCUT2D eigenvalue weighted by molar-refractivity contribution is 6.10. The van der Waals surface area contributed by atoms with Crippen LogP contribution in [0.4, 0.5) is 0 Å². The quantitative estimate of drug-likeness (QED) is 0.877. The lowest BCUT2D eigenvalue weighted by molar-refractivity contribution is -0.134. The van der Waals surface area contributed by atoms with Crippen LogP contribution in [-0.2, 0) is 4.79 Å². The van der Waals surface area contributed by atoms with Gasteiger partial charge in [0.05, 0.1) is 6.54 Å². The molecule has 126 valence electrons. The molecule has 1 aromatic heterocycles. The summed E-state index contributed by atoms with van der Waals surface area (Å²) in [6.07, 6.45) is 2.11. The number of hydrogen-bond donors (Lipinski definition) is 1. The number of aromatic amines is 1. The van der Waals surface area contributed by atoms with Gasteiger partial charge in [-0.1, -0.05) is 18.2 Å². The van der Waals surface area contributed by atoms with Gasteiger partial charge < -0.3 is 9.88 Å². The molecule has 1 saturated carbocycles. The molecule has 5 heteroatoms. The highest BCUT2D eigenvalue weighted by Crippen LogP contribution is 2.31. The largest absolute Gasteiger partial charge is 0.358 e. The van der Waals surface area contributed by atoms with E-state index in [4.69, 9.17) is 0 Å². The number of ketones is 1. The smallest absolute Gasteiger partial charge is 0.225 e. The lowest BCUT2D eigenvalue weighted by atomic mass is 10.1. The molecule has 2 aliphatic rings. The predicted molar refractivity (Wildman–Crippen MR) is 93.1 cm³/mol. The molecule has 5 nitrogen and oxygen atoms in total. The zero-order valence-corrected chi connectivity index (χ0v) is 14.0. The van der Waals surface area contributed by atoms with E-state index in [1.165, 1.54) is 0 Å². The number of piperazine rings is 1. The predicted octanol–water partition coefficient (Wildman–Crippen LogP) is 2.21. The molecule has 1 aliphatic heterocycles. The van der Waals surface area contributed by atoms with E-state index in [0.29, 0.717) is 12.5 Å². The Morgan fingerprint density at radius 3 is 2.54 bits per heavy atom. The Balaban J connectivity index is 1.41. The van der Waals surface area contributed by atoms with Crippen LogP contribution in [0.15, 0.2) is 24.3 Å². The van der Waals surface area contributed by atoms with Crippen molar-refractivity contribution in [1.29, 1.82) is 0 Å². The van der Waals surface area contributed by atoms with E-state index in [2.05, 4.69) is 9.88 Å². The van der Waals surface area contributed by atoms with Crippen LogP contribution in [0.5, 0.6) is 0 Å². The number of nitrogens with zero attached hydrogens (tertiary/aromatic N) is 2. The molecular weight excluding hydrogens is 302 g/mol. The summed E-state index contributed by atoms with van der Waals surface area (Å²) in [6.45, 7) is 5.44. The first kappa shape index (κ1) is 15.4. The van der Waals surface area contributed by atoms with Crippen LogP contribution in [0.25, 0.3) is 10.9 Å². The number of Topliss-reactive ketones (excluding diaryl/α,β-unsaturated/α-hetero) is 1. The van der Waals surface area contributed by atoms with Crippen LogP contribution in [0, 0.1) is 12.8 Å². The van der Waals surface area contributed by atoms with Gasteiger partial charge in [0, 0.05) is 54.3 Å². The van der Waals surface area contributed by atoms with Gasteiger partial charge in [-0.15, -0.1) is 0 Å². The number of benzene rings is 1. The molecule has 0 bridgehead atoms. The van der Waals surface area contributed by atoms with Gasteiger partial charge in [-0.3, -0.25) is 14.5 Å². The minimum atomic E-state index is 0.159. The first-order chi connectivity index (χ1) is 11.6. The molecule has 1 amide bonds. The van der Waals surface area contributed by atoms with Crippen LogP contribution >= 0.6 is 0 Å². The second kappa shape index (κ2) is 6.06. The van der Waals surface area contributed by atoms with Gasteiger partial charge in [0.25, 0.3) is 0 Å². The Kier molecular flexibility index (Phi) is 3.88. The zero-order chi connectivity index (χ0) is 16.7. The lowest BCUT2D eigenvalue weighted by Crippen LogP contribution is -2.50. The third-order valence-electron chi connectivity index (χ3n) is 5.15. The fourth-order valence-electron chi connectivity index (χ4n) is 3.63. The van der Waals surface area contributed by atoms with Gasteiger partial charge in [-0.05, 0) is 25.8 Å². The maximum Gasteiger partial charge on any atom is 0.225 e. The molecule has 2 heterocycles. The maximum absolute atomic E-state index is 12.8. The van der Waals surface area contributed by atoms with E-state index in [9.17, 15) is 9.59 Å². The summed E-state index contributed by atoms with van der Waals surface area (Å²) in [6, 6.07) is 7.94. The third kappa shape index (κ3) is 2.84. The number of para-hydroxylation sites is 1. The molecule has 1 aliphatic carbocycles. The van der Waals surface area contributed by atoms with Crippen molar-refractivity contribution in [2.24, 2.45) is 5.92 Å². The minimum absolute atomic E-state index is 0.159. The molecule has 1 saturated heterocycles. The standard InChI is InChI=1S/C19H23N3O2/c1-13-18(15-4-2-3-5-16(15)20-13)17(23)12-21-8-10-22(11-9-21)19(24)14-6-7-14/h2-5,14,20H,6-12H2,1H3. The van der Waals surface area contributed by atoms with Crippen LogP contribution in [0.1, 0.15) is 28.9 Å². The molecule has 0 atom stereocenters. The van der Waals surface area contributed by atoms with Gasteiger partial charge in [0.1, 0.15) is 0 Å². The average molecular weight is 325 g/mol. The molecule has 24 heavy (non-hydrogen) atoms. The molecule has 4 rings (SSSR count). The Hall–Kier alpha value is -2.14. The number of fused-ring (bicyclic) bond motifs is 1. The summed E-state index contributed by atoms with van der Waals surface area (Å²) in [5.41, 5.74) is 2.75. The van der Waals surface area contributed by atoms with Crippen LogP contribution in [0.2, 0.25) is 0 Å². The van der Waals surface area contributed by atoms with E-state index in [-0.39, 0.29) is 11.7 Å². The van der Waals surface area contributed by atoms with E-state index >= 15 is 0 Å². The number of rotatable bonds is 4. The molecule has 0 spiro atoms. The van der Waals surface area contributed by atoms with Crippen molar-refractivity contribution in [3.05, 3.63) is 35.5 Å². The Morgan fingerprint density at radius 1 is 1.12 bits per heavy atom. The van der Waals surface area contributed by atoms with Gasteiger partial charge in [-0.25, -0.2) is 0 Å². The number of aryl methyl sites for hydroxylation is 1. The van der Waals surface area contributed by atoms with Gasteiger partial charge in [-0.2, -0.15) is 0 Å². The van der Waals surface area contributed by atoms with Crippen LogP contribution in [-0.4, -0.2) is 59.2 Å². The summed E-state index contributed by atoms with van der Waals surface area (Å²) in [5.74, 6) is 0.757. The van der Waals surface area contributed by atoms with Crippen molar-refractivity contribution in [1.82, 2.24) is 14.8 Å². The molecule has 0 radical (unpaired) electrons. The topological polar surface area (TPSA) is 56.4 Å². The SMILES string of the molecule is Cc1[nH]c2ccccc2c1C(=O)CN1CCN(C(=O)C2CC2)CC1. The monoisotopic (exact) mass is 325 g/mol. The first-order valence-electron chi connectivity index (χ1n) is 8.75. The number of H-pyrrole nitrogens is 1. The van der Waals surface area contributed by atoms with E-state index < -0.39 is 0 Å². The Bertz CT molecular complexity index is 783. The number of carbonyl (C=O) groups excluding carboxylic acids is 2. The average Bonchev–Trinajstić information content (AvgIpc) is 3.37. The first-order valence-corrected chi connectivity index (χ1v) is 8.75. The normalized spacial score (nSPS) is 19.0. The van der Waals surface area contributed by atoms with Gasteiger partial charge >= 0.3 is 0 Å². The Morgan fingerprint density at radius 2 is 1.83 bits per heavy atom. The number of amides is 1. The minimum Gasteiger partial charge on any atom is -0.358 e. The maximum atomic E-state index is 12.8. The van der Waals surface area contributed by atoms with Crippen LogP contribution in [0.3, 0.4) is 0 Å². The molecule has 1 aromatic carbocycles. The number of nitrogens with one attached hydrogen (secondary N) is 1. The number of carbonyl (C=O) groups is 2. The molecular formula is C19H23N3O2. The summed E-state index contributed by atoms with van der Waals surface area (Å²) in [5, 5.41) is 1.00. The van der Waals surface area contributed by atoms with Crippen LogP contribution < -0.4 is 0 Å². The number of hydrogen-bond acceptors (Lipinski definition) is 3. The molecule has 2 aromatic rings. The van der Waals surface area contributed by atoms with Crippen molar-refractivity contribution in [2.75, 3.05) is 32.7 Å². The summed E-state index contributed by atoms with van der Waals surface area (Å²) in [7, 11) is 0. The fourth-order valence-corrected chi connectivity index (χ4v) is 3.63. The highest BCUT2D eigenvalue weighted by atomic mass is 16.2. The van der Waals surface area contributed by atoms with Crippen molar-refractivity contribution >= 4 is 22.6 Å². The molecule has 1 N–H and O–H groups in total. The molecule has 0 unspecified atom stereocenters. The Labute approximate surface area is 141 Å². The van der Waals surface area contributed by atoms with E-state index in [0.717, 1.165) is 61.2 Å². The number of aromatic nitrogens is 1. The van der Waals surface area contributed by atoms with Gasteiger partial charge in [0.15, 0.2) is 5.78 Å². The van der Waals surface area contributed by atoms with Crippen molar-refractivity contribution in [3.63, 3.8) is 0 Å². The van der Waals surface area contributed by atoms with Crippen molar-refractivity contribution < 1.29 is 9.59 Å². The van der Waals surface area contributed by atoms with E-state index in [1.807, 2.05) is 36.1 Å². The summed E-state index contributed by atoms with van der Waals surface area (Å²) < 4.78 is 0. The summed E-state index contributed by atoms with van der Waals surface area (Å²) in [4.78, 5) is 32.3. The van der Waals surface area contributed by atoms with Crippen molar-refractivity contribution in [2.45, 2.75) is 19.8 Å². The van der Waals surface area contributed by atoms with Gasteiger partial charge in [0.2, 0.25) is 5.91 Å². The molecule has 2 fully saturated rings. The fraction of sp³-hybridized carbons (Fsp3) is 0.474. The highest BCUT2D eigenvalue weighted by Gasteiger charge is 2.34. The van der Waals surface area contributed by atoms with Crippen molar-refractivity contribution in [3.8, 4) is 0 Å². The summed E-state index contributed by atoms with van der Waals surface area (Å²) >= 11 is 0. The zero-order valence-electron chi connectivity index (χ0n) is 14.0. The second-order valence-corrected chi connectivity index (χ2v) is 6.97. The lowest BCUT2D eigenvalue weighted by Gasteiger charge is -2.34. The van der Waals surface area contributed by atoms with E-state index in [1.54, 1.807) is 0 Å². The second-order valence-electron chi connectivity index (χ2n) is 6.97. The third-order valence-corrected chi connectivity index (χ3v) is 5.15.